The molecule has 0 saturated heterocycles. The zero-order valence-electron chi connectivity index (χ0n) is 23.8. The fraction of sp³-hybridized carbons (Fsp3) is 0.344. The molecule has 0 heterocycles. The van der Waals surface area contributed by atoms with Gasteiger partial charge in [0.1, 0.15) is 5.82 Å². The van der Waals surface area contributed by atoms with Gasteiger partial charge in [-0.15, -0.1) is 0 Å². The lowest BCUT2D eigenvalue weighted by Gasteiger charge is -2.44. The van der Waals surface area contributed by atoms with E-state index in [0.29, 0.717) is 46.8 Å². The Labute approximate surface area is 255 Å². The second-order valence-electron chi connectivity index (χ2n) is 10.6. The number of likely N-dealkylation sites (N-methyl/N-ethyl adjacent to an activating group) is 1. The van der Waals surface area contributed by atoms with Crippen molar-refractivity contribution in [1.82, 2.24) is 5.32 Å². The van der Waals surface area contributed by atoms with Gasteiger partial charge in [-0.2, -0.15) is 0 Å². The van der Waals surface area contributed by atoms with Gasteiger partial charge in [0, 0.05) is 34.9 Å². The number of carbonyl (C=O) groups excluding carboxylic acids is 3. The third-order valence-electron chi connectivity index (χ3n) is 8.09. The Balaban J connectivity index is 1.80. The maximum absolute atomic E-state index is 15.4. The number of benzene rings is 3. The van der Waals surface area contributed by atoms with E-state index in [9.17, 15) is 14.4 Å². The van der Waals surface area contributed by atoms with E-state index in [1.165, 1.54) is 18.1 Å². The number of nitrogens with zero attached hydrogens (tertiary/aromatic N) is 1. The van der Waals surface area contributed by atoms with E-state index >= 15 is 4.39 Å². The lowest BCUT2D eigenvalue weighted by molar-refractivity contribution is -0.121. The molecule has 0 radical (unpaired) electrons. The van der Waals surface area contributed by atoms with Gasteiger partial charge in [-0.1, -0.05) is 67.6 Å². The van der Waals surface area contributed by atoms with Crippen LogP contribution in [0.2, 0.25) is 10.0 Å². The first kappa shape index (κ1) is 31.5. The van der Waals surface area contributed by atoms with Crippen molar-refractivity contribution in [3.05, 3.63) is 93.2 Å². The van der Waals surface area contributed by atoms with Crippen LogP contribution in [0.15, 0.2) is 60.7 Å². The summed E-state index contributed by atoms with van der Waals surface area (Å²) in [6.45, 7) is 1.79. The van der Waals surface area contributed by atoms with Crippen LogP contribution in [-0.4, -0.2) is 38.5 Å². The summed E-state index contributed by atoms with van der Waals surface area (Å²) in [5.74, 6) is -2.01. The molecule has 4 rings (SSSR count). The van der Waals surface area contributed by atoms with Crippen LogP contribution in [-0.2, 0) is 19.9 Å². The van der Waals surface area contributed by atoms with Crippen LogP contribution >= 0.6 is 23.2 Å². The molecule has 1 saturated carbocycles. The number of rotatable bonds is 10. The van der Waals surface area contributed by atoms with Gasteiger partial charge in [-0.05, 0) is 66.4 Å². The van der Waals surface area contributed by atoms with Crippen LogP contribution in [0.3, 0.4) is 0 Å². The Kier molecular flexibility index (Phi) is 10.2. The molecule has 0 bridgehead atoms. The minimum Gasteiger partial charge on any atom is -0.465 e. The van der Waals surface area contributed by atoms with Crippen LogP contribution in [0.1, 0.15) is 66.4 Å². The maximum Gasteiger partial charge on any atom is 0.337 e. The molecule has 2 amide bonds. The number of esters is 1. The van der Waals surface area contributed by atoms with E-state index in [1.807, 2.05) is 6.07 Å². The van der Waals surface area contributed by atoms with Crippen LogP contribution in [0, 0.1) is 5.82 Å². The largest absolute Gasteiger partial charge is 0.465 e. The molecule has 1 aliphatic rings. The fourth-order valence-corrected chi connectivity index (χ4v) is 6.14. The molecule has 42 heavy (non-hydrogen) atoms. The summed E-state index contributed by atoms with van der Waals surface area (Å²) in [4.78, 5) is 39.3. The Morgan fingerprint density at radius 1 is 1.05 bits per heavy atom. The third kappa shape index (κ3) is 6.61. The maximum atomic E-state index is 15.4. The monoisotopic (exact) mass is 613 g/mol. The number of nitrogens with one attached hydrogen (secondary N) is 2. The first-order valence-electron chi connectivity index (χ1n) is 13.8. The number of hydrogen-bond donors (Lipinski definition) is 2. The topological polar surface area (TPSA) is 87.7 Å². The standard InChI is InChI=1S/C32H34Cl2FN3O4/c1-20(24-8-7-9-26(34)28(24)35)29(30(40)38(2)23-13-10-21(11-14-23)31(41)42-3)37-32(16-5-4-6-17-32)25-15-12-22(33)18-27(25)36-19-39/h7-15,18-20,29,37H,4-6,16-17H2,1-3H3,(H,36,39)/t20-,29?/m0/s1. The third-order valence-corrected chi connectivity index (χ3v) is 8.62. The molecular formula is C32H34Cl2FN3O4. The number of halogens is 3. The molecule has 222 valence electrons. The van der Waals surface area contributed by atoms with Crippen molar-refractivity contribution in [2.45, 2.75) is 56.5 Å². The molecule has 3 aromatic carbocycles. The fourth-order valence-electron chi connectivity index (χ4n) is 5.79. The summed E-state index contributed by atoms with van der Waals surface area (Å²) in [7, 11) is 2.94. The lowest BCUT2D eigenvalue weighted by Crippen LogP contribution is -2.57. The zero-order valence-corrected chi connectivity index (χ0v) is 25.3. The summed E-state index contributed by atoms with van der Waals surface area (Å²) in [6.07, 6.45) is 4.78. The second-order valence-corrected chi connectivity index (χ2v) is 11.4. The highest BCUT2D eigenvalue weighted by Crippen LogP contribution is 2.43. The highest BCUT2D eigenvalue weighted by Gasteiger charge is 2.42. The van der Waals surface area contributed by atoms with Crippen molar-refractivity contribution in [3.8, 4) is 0 Å². The number of amides is 2. The molecule has 3 aromatic rings. The molecule has 7 nitrogen and oxygen atoms in total. The van der Waals surface area contributed by atoms with Crippen LogP contribution in [0.5, 0.6) is 0 Å². The van der Waals surface area contributed by atoms with E-state index in [4.69, 9.17) is 27.9 Å². The number of ether oxygens (including phenoxy) is 1. The first-order chi connectivity index (χ1) is 20.1. The summed E-state index contributed by atoms with van der Waals surface area (Å²) in [5, 5.41) is 6.87. The van der Waals surface area contributed by atoms with Crippen molar-refractivity contribution in [2.24, 2.45) is 0 Å². The van der Waals surface area contributed by atoms with Crippen LogP contribution < -0.4 is 15.5 Å². The average Bonchev–Trinajstić information content (AvgIpc) is 3.00. The summed E-state index contributed by atoms with van der Waals surface area (Å²) in [5.41, 5.74) is 1.84. The smallest absolute Gasteiger partial charge is 0.337 e. The van der Waals surface area contributed by atoms with Crippen LogP contribution in [0.4, 0.5) is 15.8 Å². The Hall–Kier alpha value is -3.46. The molecule has 1 fully saturated rings. The molecule has 10 heteroatoms. The molecule has 2 atom stereocenters. The molecule has 0 aromatic heterocycles. The van der Waals surface area contributed by atoms with Gasteiger partial charge < -0.3 is 15.0 Å². The molecule has 2 N–H and O–H groups in total. The minimum atomic E-state index is -0.902. The summed E-state index contributed by atoms with van der Waals surface area (Å²) < 4.78 is 20.2. The van der Waals surface area contributed by atoms with E-state index in [2.05, 4.69) is 10.6 Å². The van der Waals surface area contributed by atoms with Crippen molar-refractivity contribution >= 4 is 52.9 Å². The molecular weight excluding hydrogens is 580 g/mol. The van der Waals surface area contributed by atoms with E-state index in [-0.39, 0.29) is 10.9 Å². The summed E-state index contributed by atoms with van der Waals surface area (Å²) >= 11 is 12.4. The van der Waals surface area contributed by atoms with E-state index < -0.39 is 29.3 Å². The Morgan fingerprint density at radius 2 is 1.74 bits per heavy atom. The first-order valence-corrected chi connectivity index (χ1v) is 14.5. The average molecular weight is 615 g/mol. The molecule has 0 aliphatic heterocycles. The normalized spacial score (nSPS) is 15.8. The highest BCUT2D eigenvalue weighted by molar-refractivity contribution is 6.31. The highest BCUT2D eigenvalue weighted by atomic mass is 35.5. The van der Waals surface area contributed by atoms with Crippen LogP contribution in [0.25, 0.3) is 0 Å². The van der Waals surface area contributed by atoms with Gasteiger partial charge >= 0.3 is 5.97 Å². The van der Waals surface area contributed by atoms with Crippen molar-refractivity contribution in [2.75, 3.05) is 24.4 Å². The van der Waals surface area contributed by atoms with Crippen molar-refractivity contribution < 1.29 is 23.5 Å². The Morgan fingerprint density at radius 3 is 2.38 bits per heavy atom. The predicted molar refractivity (Wildman–Crippen MR) is 164 cm³/mol. The predicted octanol–water partition coefficient (Wildman–Crippen LogP) is 7.07. The van der Waals surface area contributed by atoms with Crippen molar-refractivity contribution in [3.63, 3.8) is 0 Å². The van der Waals surface area contributed by atoms with Gasteiger partial charge in [-0.3, -0.25) is 14.9 Å². The number of hydrogen-bond acceptors (Lipinski definition) is 5. The quantitative estimate of drug-likeness (QED) is 0.188. The van der Waals surface area contributed by atoms with Gasteiger partial charge in [0.2, 0.25) is 12.3 Å². The SMILES string of the molecule is COC(=O)c1ccc(N(C)C(=O)C(NC2(c3ccc(Cl)cc3NC=O)CCCCC2)[C@@H](C)c2cccc(Cl)c2F)cc1. The Bertz CT molecular complexity index is 1440. The molecule has 1 unspecified atom stereocenters. The molecule has 0 spiro atoms. The molecule has 1 aliphatic carbocycles. The lowest BCUT2D eigenvalue weighted by atomic mass is 9.74. The minimum absolute atomic E-state index is 0.0279. The van der Waals surface area contributed by atoms with Gasteiger partial charge in [0.05, 0.1) is 23.7 Å². The number of methoxy groups -OCH3 is 1. The number of carbonyl (C=O) groups is 3. The summed E-state index contributed by atoms with van der Waals surface area (Å²) in [6, 6.07) is 15.7. The van der Waals surface area contributed by atoms with Crippen molar-refractivity contribution in [1.29, 1.82) is 0 Å². The number of anilines is 2. The van der Waals surface area contributed by atoms with E-state index in [1.54, 1.807) is 62.5 Å². The second kappa shape index (κ2) is 13.7. The zero-order chi connectivity index (χ0) is 30.4. The van der Waals surface area contributed by atoms with Gasteiger partial charge in [0.15, 0.2) is 0 Å². The van der Waals surface area contributed by atoms with E-state index in [0.717, 1.165) is 24.8 Å². The van der Waals surface area contributed by atoms with Gasteiger partial charge in [0.25, 0.3) is 0 Å². The van der Waals surface area contributed by atoms with Gasteiger partial charge in [-0.25, -0.2) is 9.18 Å².